The number of ether oxygens (including phenoxy) is 1. The van der Waals surface area contributed by atoms with Gasteiger partial charge in [-0.25, -0.2) is 0 Å². The summed E-state index contributed by atoms with van der Waals surface area (Å²) in [4.78, 5) is 17.7. The van der Waals surface area contributed by atoms with E-state index in [9.17, 15) is 4.79 Å². The normalized spacial score (nSPS) is 21.9. The minimum Gasteiger partial charge on any atom is -0.497 e. The largest absolute Gasteiger partial charge is 0.497 e. The number of hydrogen-bond acceptors (Lipinski definition) is 4. The van der Waals surface area contributed by atoms with Crippen LogP contribution in [0.4, 0.5) is 0 Å². The first-order valence-electron chi connectivity index (χ1n) is 9.78. The molecule has 1 atom stereocenters. The second kappa shape index (κ2) is 7.66. The predicted molar refractivity (Wildman–Crippen MR) is 102 cm³/mol. The highest BCUT2D eigenvalue weighted by Crippen LogP contribution is 2.25. The van der Waals surface area contributed by atoms with Gasteiger partial charge in [-0.05, 0) is 62.9 Å². The molecule has 3 heterocycles. The number of H-pyrrole nitrogens is 1. The molecule has 4 rings (SSSR count). The molecule has 26 heavy (non-hydrogen) atoms. The molecular formula is C20H28N4O2. The van der Waals surface area contributed by atoms with Crippen LogP contribution in [0.25, 0.3) is 10.9 Å². The molecule has 2 saturated heterocycles. The summed E-state index contributed by atoms with van der Waals surface area (Å²) in [5.74, 6) is 1.35. The topological polar surface area (TPSA) is 61.5 Å². The maximum Gasteiger partial charge on any atom is 0.275 e. The molecule has 6 heteroatoms. The number of carbonyl (C=O) groups excluding carboxylic acids is 1. The summed E-state index contributed by atoms with van der Waals surface area (Å²) in [6.45, 7) is 5.22. The predicted octanol–water partition coefficient (Wildman–Crippen LogP) is 2.91. The number of nitrogens with zero attached hydrogens (tertiary/aromatic N) is 3. The first-order chi connectivity index (χ1) is 12.7. The molecule has 1 amide bonds. The Bertz CT molecular complexity index is 766. The van der Waals surface area contributed by atoms with E-state index in [1.54, 1.807) is 7.11 Å². The number of hydrogen-bond donors (Lipinski definition) is 1. The van der Waals surface area contributed by atoms with Gasteiger partial charge in [0.15, 0.2) is 5.69 Å². The number of carbonyl (C=O) groups is 1. The van der Waals surface area contributed by atoms with Gasteiger partial charge in [0, 0.05) is 25.0 Å². The van der Waals surface area contributed by atoms with Crippen LogP contribution in [0.15, 0.2) is 18.2 Å². The number of nitrogens with one attached hydrogen (secondary N) is 1. The Morgan fingerprint density at radius 1 is 1.23 bits per heavy atom. The molecule has 2 aliphatic rings. The van der Waals surface area contributed by atoms with Gasteiger partial charge in [-0.15, -0.1) is 0 Å². The number of fused-ring (bicyclic) bond motifs is 1. The molecule has 1 unspecified atom stereocenters. The summed E-state index contributed by atoms with van der Waals surface area (Å²) in [7, 11) is 1.64. The number of amides is 1. The number of benzene rings is 1. The van der Waals surface area contributed by atoms with E-state index in [0.29, 0.717) is 11.6 Å². The SMILES string of the molecule is COc1ccc2[nH]nc(C(=O)N3CCCC(CN4CCCCC4)C3)c2c1. The van der Waals surface area contributed by atoms with E-state index < -0.39 is 0 Å². The van der Waals surface area contributed by atoms with Crippen LogP contribution in [0.2, 0.25) is 0 Å². The van der Waals surface area contributed by atoms with Crippen molar-refractivity contribution in [1.29, 1.82) is 0 Å². The van der Waals surface area contributed by atoms with E-state index in [2.05, 4.69) is 15.1 Å². The van der Waals surface area contributed by atoms with E-state index in [1.165, 1.54) is 38.8 Å². The van der Waals surface area contributed by atoms with Crippen LogP contribution in [-0.4, -0.2) is 65.7 Å². The fourth-order valence-corrected chi connectivity index (χ4v) is 4.34. The fraction of sp³-hybridized carbons (Fsp3) is 0.600. The lowest BCUT2D eigenvalue weighted by molar-refractivity contribution is 0.0627. The number of piperidine rings is 2. The summed E-state index contributed by atoms with van der Waals surface area (Å²) in [6, 6.07) is 5.68. The minimum absolute atomic E-state index is 0.0350. The number of methoxy groups -OCH3 is 1. The van der Waals surface area contributed by atoms with E-state index in [4.69, 9.17) is 4.74 Å². The Morgan fingerprint density at radius 3 is 2.88 bits per heavy atom. The van der Waals surface area contributed by atoms with Crippen molar-refractivity contribution in [2.45, 2.75) is 32.1 Å². The smallest absolute Gasteiger partial charge is 0.275 e. The fourth-order valence-electron chi connectivity index (χ4n) is 4.34. The van der Waals surface area contributed by atoms with Crippen molar-refractivity contribution in [2.24, 2.45) is 5.92 Å². The molecule has 6 nitrogen and oxygen atoms in total. The zero-order chi connectivity index (χ0) is 17.9. The second-order valence-corrected chi connectivity index (χ2v) is 7.60. The minimum atomic E-state index is 0.0350. The standard InChI is InChI=1S/C20H28N4O2/c1-26-16-7-8-18-17(12-16)19(22-21-18)20(25)24-11-5-6-15(14-24)13-23-9-3-2-4-10-23/h7-8,12,15H,2-6,9-11,13-14H2,1H3,(H,21,22). The Labute approximate surface area is 154 Å². The number of likely N-dealkylation sites (tertiary alicyclic amines) is 2. The summed E-state index contributed by atoms with van der Waals surface area (Å²) in [6.07, 6.45) is 6.29. The van der Waals surface area contributed by atoms with Gasteiger partial charge in [-0.2, -0.15) is 5.10 Å². The summed E-state index contributed by atoms with van der Waals surface area (Å²) in [5, 5.41) is 8.12. The van der Waals surface area contributed by atoms with Crippen molar-refractivity contribution in [1.82, 2.24) is 20.0 Å². The van der Waals surface area contributed by atoms with Crippen molar-refractivity contribution >= 4 is 16.8 Å². The molecule has 0 aliphatic carbocycles. The van der Waals surface area contributed by atoms with Crippen LogP contribution in [-0.2, 0) is 0 Å². The molecule has 1 N–H and O–H groups in total. The second-order valence-electron chi connectivity index (χ2n) is 7.60. The lowest BCUT2D eigenvalue weighted by Crippen LogP contribution is -2.44. The van der Waals surface area contributed by atoms with Crippen LogP contribution >= 0.6 is 0 Å². The van der Waals surface area contributed by atoms with Gasteiger partial charge in [0.1, 0.15) is 5.75 Å². The van der Waals surface area contributed by atoms with Gasteiger partial charge < -0.3 is 14.5 Å². The molecule has 0 saturated carbocycles. The van der Waals surface area contributed by atoms with Gasteiger partial charge >= 0.3 is 0 Å². The van der Waals surface area contributed by atoms with Crippen LogP contribution in [0.1, 0.15) is 42.6 Å². The lowest BCUT2D eigenvalue weighted by Gasteiger charge is -2.36. The highest BCUT2D eigenvalue weighted by molar-refractivity contribution is 6.05. The third-order valence-corrected chi connectivity index (χ3v) is 5.74. The number of rotatable bonds is 4. The summed E-state index contributed by atoms with van der Waals surface area (Å²) >= 11 is 0. The molecule has 0 radical (unpaired) electrons. The highest BCUT2D eigenvalue weighted by atomic mass is 16.5. The van der Waals surface area contributed by atoms with Crippen LogP contribution in [0.3, 0.4) is 0 Å². The first-order valence-corrected chi connectivity index (χ1v) is 9.78. The van der Waals surface area contributed by atoms with Crippen LogP contribution < -0.4 is 4.74 Å². The van der Waals surface area contributed by atoms with Crippen molar-refractivity contribution in [3.63, 3.8) is 0 Å². The van der Waals surface area contributed by atoms with E-state index >= 15 is 0 Å². The molecule has 2 aromatic rings. The van der Waals surface area contributed by atoms with E-state index in [0.717, 1.165) is 42.7 Å². The van der Waals surface area contributed by atoms with Gasteiger partial charge in [-0.1, -0.05) is 6.42 Å². The van der Waals surface area contributed by atoms with E-state index in [1.807, 2.05) is 23.1 Å². The zero-order valence-corrected chi connectivity index (χ0v) is 15.5. The Balaban J connectivity index is 1.47. The molecule has 2 fully saturated rings. The van der Waals surface area contributed by atoms with Crippen molar-refractivity contribution < 1.29 is 9.53 Å². The number of aromatic nitrogens is 2. The van der Waals surface area contributed by atoms with Gasteiger partial charge in [-0.3, -0.25) is 9.89 Å². The zero-order valence-electron chi connectivity index (χ0n) is 15.5. The quantitative estimate of drug-likeness (QED) is 0.915. The van der Waals surface area contributed by atoms with Crippen molar-refractivity contribution in [3.05, 3.63) is 23.9 Å². The number of aromatic amines is 1. The third-order valence-electron chi connectivity index (χ3n) is 5.74. The lowest BCUT2D eigenvalue weighted by atomic mass is 9.96. The third kappa shape index (κ3) is 3.56. The molecular weight excluding hydrogens is 328 g/mol. The van der Waals surface area contributed by atoms with E-state index in [-0.39, 0.29) is 5.91 Å². The molecule has 0 spiro atoms. The summed E-state index contributed by atoms with van der Waals surface area (Å²) in [5.41, 5.74) is 1.38. The monoisotopic (exact) mass is 356 g/mol. The van der Waals surface area contributed by atoms with Crippen LogP contribution in [0.5, 0.6) is 5.75 Å². The molecule has 1 aromatic carbocycles. The average molecular weight is 356 g/mol. The maximum absolute atomic E-state index is 13.1. The molecule has 2 aliphatic heterocycles. The van der Waals surface area contributed by atoms with Crippen molar-refractivity contribution in [2.75, 3.05) is 39.8 Å². The summed E-state index contributed by atoms with van der Waals surface area (Å²) < 4.78 is 5.30. The van der Waals surface area contributed by atoms with Gasteiger partial charge in [0.25, 0.3) is 5.91 Å². The molecule has 1 aromatic heterocycles. The molecule has 0 bridgehead atoms. The average Bonchev–Trinajstić information content (AvgIpc) is 3.11. The Hall–Kier alpha value is -2.08. The Morgan fingerprint density at radius 2 is 2.08 bits per heavy atom. The highest BCUT2D eigenvalue weighted by Gasteiger charge is 2.28. The maximum atomic E-state index is 13.1. The van der Waals surface area contributed by atoms with Gasteiger partial charge in [0.05, 0.1) is 12.6 Å². The first kappa shape index (κ1) is 17.3. The van der Waals surface area contributed by atoms with Crippen LogP contribution in [0, 0.1) is 5.92 Å². The molecule has 140 valence electrons. The van der Waals surface area contributed by atoms with Crippen molar-refractivity contribution in [3.8, 4) is 5.75 Å². The van der Waals surface area contributed by atoms with Gasteiger partial charge in [0.2, 0.25) is 0 Å². The Kier molecular flexibility index (Phi) is 5.11.